The average molecular weight is 335 g/mol. The molecule has 4 rings (SSSR count). The van der Waals surface area contributed by atoms with Gasteiger partial charge in [0.25, 0.3) is 5.91 Å². The van der Waals surface area contributed by atoms with E-state index >= 15 is 0 Å². The molecule has 0 unspecified atom stereocenters. The fourth-order valence-electron chi connectivity index (χ4n) is 2.31. The fraction of sp³-hybridized carbons (Fsp3) is 0.0588. The number of hydrogen-bond donors (Lipinski definition) is 1. The van der Waals surface area contributed by atoms with Crippen molar-refractivity contribution >= 4 is 27.9 Å². The number of rotatable bonds is 3. The monoisotopic (exact) mass is 335 g/mol. The Kier molecular flexibility index (Phi) is 3.55. The Bertz CT molecular complexity index is 990. The fourth-order valence-corrected chi connectivity index (χ4v) is 3.13. The maximum absolute atomic E-state index is 12.3. The number of aryl methyl sites for hydroxylation is 1. The minimum Gasteiger partial charge on any atom is -0.322 e. The van der Waals surface area contributed by atoms with Crippen molar-refractivity contribution < 1.29 is 4.79 Å². The highest BCUT2D eigenvalue weighted by molar-refractivity contribution is 7.19. The standard InChI is InChI=1S/C17H13N5OS/c1-11-5-7-12(8-6-11)15(23)19-14-4-2-3-13(9-14)16-21-22-10-18-20-17(22)24-16/h2-10H,1H3,(H,19,23). The van der Waals surface area contributed by atoms with Crippen LogP contribution in [0.5, 0.6) is 0 Å². The van der Waals surface area contributed by atoms with Crippen LogP contribution in [-0.2, 0) is 0 Å². The lowest BCUT2D eigenvalue weighted by Crippen LogP contribution is -2.11. The summed E-state index contributed by atoms with van der Waals surface area (Å²) in [6.45, 7) is 1.99. The molecule has 2 aromatic heterocycles. The second kappa shape index (κ2) is 5.86. The third-order valence-electron chi connectivity index (χ3n) is 3.57. The van der Waals surface area contributed by atoms with Gasteiger partial charge in [0.2, 0.25) is 4.96 Å². The van der Waals surface area contributed by atoms with Crippen molar-refractivity contribution in [1.29, 1.82) is 0 Å². The molecule has 7 heteroatoms. The Hall–Kier alpha value is -3.06. The van der Waals surface area contributed by atoms with Crippen molar-refractivity contribution in [2.45, 2.75) is 6.92 Å². The van der Waals surface area contributed by atoms with E-state index in [-0.39, 0.29) is 5.91 Å². The molecule has 0 aliphatic carbocycles. The van der Waals surface area contributed by atoms with Crippen LogP contribution in [0.3, 0.4) is 0 Å². The average Bonchev–Trinajstić information content (AvgIpc) is 3.17. The highest BCUT2D eigenvalue weighted by atomic mass is 32.1. The van der Waals surface area contributed by atoms with Gasteiger partial charge >= 0.3 is 0 Å². The molecule has 6 nitrogen and oxygen atoms in total. The Balaban J connectivity index is 1.59. The van der Waals surface area contributed by atoms with E-state index in [2.05, 4.69) is 20.6 Å². The van der Waals surface area contributed by atoms with E-state index in [4.69, 9.17) is 0 Å². The van der Waals surface area contributed by atoms with E-state index in [0.717, 1.165) is 26.8 Å². The minimum absolute atomic E-state index is 0.134. The van der Waals surface area contributed by atoms with Crippen LogP contribution in [0.15, 0.2) is 54.9 Å². The molecule has 0 saturated heterocycles. The number of nitrogens with zero attached hydrogens (tertiary/aromatic N) is 4. The molecular weight excluding hydrogens is 322 g/mol. The molecule has 0 atom stereocenters. The molecular formula is C17H13N5OS. The predicted octanol–water partition coefficient (Wildman–Crippen LogP) is 3.41. The van der Waals surface area contributed by atoms with E-state index < -0.39 is 0 Å². The first-order valence-corrected chi connectivity index (χ1v) is 8.16. The van der Waals surface area contributed by atoms with Crippen molar-refractivity contribution in [2.24, 2.45) is 0 Å². The Morgan fingerprint density at radius 1 is 1.17 bits per heavy atom. The van der Waals surface area contributed by atoms with E-state index in [1.54, 1.807) is 10.8 Å². The summed E-state index contributed by atoms with van der Waals surface area (Å²) in [5.74, 6) is -0.134. The predicted molar refractivity (Wildman–Crippen MR) is 93.2 cm³/mol. The van der Waals surface area contributed by atoms with Gasteiger partial charge in [-0.2, -0.15) is 9.61 Å². The maximum Gasteiger partial charge on any atom is 0.255 e. The van der Waals surface area contributed by atoms with Crippen molar-refractivity contribution in [1.82, 2.24) is 19.8 Å². The zero-order valence-electron chi connectivity index (χ0n) is 12.8. The van der Waals surface area contributed by atoms with Gasteiger partial charge in [-0.05, 0) is 31.2 Å². The highest BCUT2D eigenvalue weighted by Crippen LogP contribution is 2.26. The third kappa shape index (κ3) is 2.77. The van der Waals surface area contributed by atoms with Crippen LogP contribution in [0.2, 0.25) is 0 Å². The molecule has 0 aliphatic rings. The van der Waals surface area contributed by atoms with Gasteiger partial charge in [-0.1, -0.05) is 41.2 Å². The van der Waals surface area contributed by atoms with Crippen LogP contribution < -0.4 is 5.32 Å². The Labute approximate surface area is 141 Å². The molecule has 0 aliphatic heterocycles. The van der Waals surface area contributed by atoms with Crippen molar-refractivity contribution in [3.63, 3.8) is 0 Å². The smallest absolute Gasteiger partial charge is 0.255 e. The van der Waals surface area contributed by atoms with Crippen LogP contribution >= 0.6 is 11.3 Å². The summed E-state index contributed by atoms with van der Waals surface area (Å²) in [4.78, 5) is 13.1. The lowest BCUT2D eigenvalue weighted by atomic mass is 10.1. The lowest BCUT2D eigenvalue weighted by molar-refractivity contribution is 0.102. The number of anilines is 1. The highest BCUT2D eigenvalue weighted by Gasteiger charge is 2.10. The topological polar surface area (TPSA) is 72.2 Å². The maximum atomic E-state index is 12.3. The molecule has 4 aromatic rings. The number of nitrogens with one attached hydrogen (secondary N) is 1. The zero-order valence-corrected chi connectivity index (χ0v) is 13.6. The van der Waals surface area contributed by atoms with Crippen LogP contribution in [0, 0.1) is 6.92 Å². The van der Waals surface area contributed by atoms with Gasteiger partial charge in [0.05, 0.1) is 0 Å². The van der Waals surface area contributed by atoms with E-state index in [0.29, 0.717) is 5.56 Å². The van der Waals surface area contributed by atoms with Crippen molar-refractivity contribution in [3.05, 3.63) is 66.0 Å². The summed E-state index contributed by atoms with van der Waals surface area (Å²) in [5, 5.41) is 16.0. The molecule has 0 fully saturated rings. The summed E-state index contributed by atoms with van der Waals surface area (Å²) >= 11 is 1.45. The van der Waals surface area contributed by atoms with Crippen LogP contribution in [0.1, 0.15) is 15.9 Å². The molecule has 0 radical (unpaired) electrons. The summed E-state index contributed by atoms with van der Waals surface area (Å²) in [6.07, 6.45) is 1.57. The van der Waals surface area contributed by atoms with Crippen LogP contribution in [0.25, 0.3) is 15.5 Å². The lowest BCUT2D eigenvalue weighted by Gasteiger charge is -2.06. The van der Waals surface area contributed by atoms with E-state index in [1.165, 1.54) is 11.3 Å². The number of fused-ring (bicyclic) bond motifs is 1. The normalized spacial score (nSPS) is 10.9. The molecule has 2 aromatic carbocycles. The number of aromatic nitrogens is 4. The number of amides is 1. The number of benzene rings is 2. The molecule has 1 amide bonds. The first kappa shape index (κ1) is 14.5. The SMILES string of the molecule is Cc1ccc(C(=O)Nc2cccc(-c3nn4cnnc4s3)c2)cc1. The Morgan fingerprint density at radius 2 is 2.00 bits per heavy atom. The second-order valence-corrected chi connectivity index (χ2v) is 6.32. The third-order valence-corrected chi connectivity index (χ3v) is 4.53. The van der Waals surface area contributed by atoms with Crippen LogP contribution in [0.4, 0.5) is 5.69 Å². The summed E-state index contributed by atoms with van der Waals surface area (Å²) in [7, 11) is 0. The molecule has 24 heavy (non-hydrogen) atoms. The number of carbonyl (C=O) groups is 1. The van der Waals surface area contributed by atoms with Gasteiger partial charge in [-0.3, -0.25) is 4.79 Å². The van der Waals surface area contributed by atoms with E-state index in [9.17, 15) is 4.79 Å². The van der Waals surface area contributed by atoms with Gasteiger partial charge in [0.1, 0.15) is 11.3 Å². The largest absolute Gasteiger partial charge is 0.322 e. The molecule has 118 valence electrons. The molecule has 2 heterocycles. The molecule has 0 saturated carbocycles. The van der Waals surface area contributed by atoms with Gasteiger partial charge in [-0.25, -0.2) is 0 Å². The summed E-state index contributed by atoms with van der Waals surface area (Å²) in [6, 6.07) is 15.1. The quantitative estimate of drug-likeness (QED) is 0.623. The van der Waals surface area contributed by atoms with Crippen molar-refractivity contribution in [2.75, 3.05) is 5.32 Å². The first-order valence-electron chi connectivity index (χ1n) is 7.34. The number of hydrogen-bond acceptors (Lipinski definition) is 5. The van der Waals surface area contributed by atoms with Gasteiger partial charge in [0.15, 0.2) is 0 Å². The van der Waals surface area contributed by atoms with Gasteiger partial charge < -0.3 is 5.32 Å². The van der Waals surface area contributed by atoms with Gasteiger partial charge in [-0.15, -0.1) is 10.2 Å². The zero-order chi connectivity index (χ0) is 16.5. The van der Waals surface area contributed by atoms with Gasteiger partial charge in [0, 0.05) is 16.8 Å². The van der Waals surface area contributed by atoms with E-state index in [1.807, 2.05) is 55.5 Å². The molecule has 0 spiro atoms. The molecule has 0 bridgehead atoms. The number of carbonyl (C=O) groups excluding carboxylic acids is 1. The summed E-state index contributed by atoms with van der Waals surface area (Å²) in [5.41, 5.74) is 3.40. The second-order valence-electron chi connectivity index (χ2n) is 5.37. The van der Waals surface area contributed by atoms with Crippen LogP contribution in [-0.4, -0.2) is 25.7 Å². The minimum atomic E-state index is -0.134. The Morgan fingerprint density at radius 3 is 2.79 bits per heavy atom. The first-order chi connectivity index (χ1) is 11.7. The van der Waals surface area contributed by atoms with Crippen molar-refractivity contribution in [3.8, 4) is 10.6 Å². The summed E-state index contributed by atoms with van der Waals surface area (Å²) < 4.78 is 1.64. The molecule has 1 N–H and O–H groups in total.